The Bertz CT molecular complexity index is 766. The van der Waals surface area contributed by atoms with Crippen LogP contribution in [0.1, 0.15) is 44.6 Å². The maximum Gasteiger partial charge on any atom is 0.0488 e. The Morgan fingerprint density at radius 3 is 2.48 bits per heavy atom. The molecule has 120 valence electrons. The SMILES string of the molecule is CCCCCCCc1cccc(-c2cc3ccccc3n2C)c1. The van der Waals surface area contributed by atoms with Gasteiger partial charge in [0.05, 0.1) is 0 Å². The molecule has 1 aromatic heterocycles. The van der Waals surface area contributed by atoms with Gasteiger partial charge in [0.2, 0.25) is 0 Å². The molecule has 0 spiro atoms. The van der Waals surface area contributed by atoms with Crippen molar-refractivity contribution in [2.45, 2.75) is 45.4 Å². The van der Waals surface area contributed by atoms with Crippen LogP contribution in [0, 0.1) is 0 Å². The van der Waals surface area contributed by atoms with Gasteiger partial charge in [0.25, 0.3) is 0 Å². The van der Waals surface area contributed by atoms with Crippen molar-refractivity contribution in [2.24, 2.45) is 7.05 Å². The Kier molecular flexibility index (Phi) is 5.17. The Morgan fingerprint density at radius 1 is 0.826 bits per heavy atom. The van der Waals surface area contributed by atoms with Crippen molar-refractivity contribution in [1.82, 2.24) is 4.57 Å². The lowest BCUT2D eigenvalue weighted by molar-refractivity contribution is 0.632. The molecule has 3 aromatic rings. The number of benzene rings is 2. The molecule has 2 aromatic carbocycles. The Hall–Kier alpha value is -2.02. The zero-order valence-corrected chi connectivity index (χ0v) is 14.4. The van der Waals surface area contributed by atoms with Gasteiger partial charge in [-0.3, -0.25) is 0 Å². The predicted octanol–water partition coefficient (Wildman–Crippen LogP) is 6.36. The summed E-state index contributed by atoms with van der Waals surface area (Å²) < 4.78 is 2.30. The van der Waals surface area contributed by atoms with Crippen LogP contribution in [-0.2, 0) is 13.5 Å². The molecule has 0 bridgehead atoms. The molecular formula is C22H27N. The fraction of sp³-hybridized carbons (Fsp3) is 0.364. The molecule has 23 heavy (non-hydrogen) atoms. The third-order valence-electron chi connectivity index (χ3n) is 4.74. The number of unbranched alkanes of at least 4 members (excludes halogenated alkanes) is 4. The van der Waals surface area contributed by atoms with Gasteiger partial charge < -0.3 is 4.57 Å². The highest BCUT2D eigenvalue weighted by atomic mass is 14.9. The normalized spacial score (nSPS) is 11.2. The van der Waals surface area contributed by atoms with Crippen LogP contribution < -0.4 is 0 Å². The maximum atomic E-state index is 2.37. The van der Waals surface area contributed by atoms with Gasteiger partial charge in [-0.25, -0.2) is 0 Å². The van der Waals surface area contributed by atoms with Crippen LogP contribution in [0.2, 0.25) is 0 Å². The summed E-state index contributed by atoms with van der Waals surface area (Å²) in [5.74, 6) is 0. The maximum absolute atomic E-state index is 2.37. The zero-order valence-electron chi connectivity index (χ0n) is 14.4. The smallest absolute Gasteiger partial charge is 0.0488 e. The summed E-state index contributed by atoms with van der Waals surface area (Å²) in [5.41, 5.74) is 5.39. The molecule has 1 nitrogen and oxygen atoms in total. The summed E-state index contributed by atoms with van der Waals surface area (Å²) in [6.07, 6.45) is 7.91. The number of para-hydroxylation sites is 1. The molecule has 0 aliphatic rings. The van der Waals surface area contributed by atoms with Crippen LogP contribution in [0.3, 0.4) is 0 Å². The third kappa shape index (κ3) is 3.67. The molecule has 0 unspecified atom stereocenters. The monoisotopic (exact) mass is 305 g/mol. The van der Waals surface area contributed by atoms with Crippen molar-refractivity contribution in [3.05, 3.63) is 60.2 Å². The average Bonchev–Trinajstić information content (AvgIpc) is 2.92. The summed E-state index contributed by atoms with van der Waals surface area (Å²) in [6, 6.07) is 20.0. The van der Waals surface area contributed by atoms with Crippen molar-refractivity contribution in [1.29, 1.82) is 0 Å². The molecule has 1 heteroatoms. The number of fused-ring (bicyclic) bond motifs is 1. The molecule has 0 aliphatic carbocycles. The summed E-state index contributed by atoms with van der Waals surface area (Å²) in [4.78, 5) is 0. The van der Waals surface area contributed by atoms with Gasteiger partial charge in [-0.05, 0) is 42.2 Å². The van der Waals surface area contributed by atoms with E-state index in [1.165, 1.54) is 66.2 Å². The topological polar surface area (TPSA) is 4.93 Å². The first-order valence-electron chi connectivity index (χ1n) is 8.93. The number of hydrogen-bond donors (Lipinski definition) is 0. The van der Waals surface area contributed by atoms with E-state index in [0.717, 1.165) is 0 Å². The minimum atomic E-state index is 1.20. The fourth-order valence-corrected chi connectivity index (χ4v) is 3.38. The largest absolute Gasteiger partial charge is 0.344 e. The summed E-state index contributed by atoms with van der Waals surface area (Å²) in [5, 5.41) is 1.31. The first kappa shape index (κ1) is 15.9. The van der Waals surface area contributed by atoms with Crippen LogP contribution in [0.25, 0.3) is 22.2 Å². The van der Waals surface area contributed by atoms with E-state index in [2.05, 4.69) is 73.1 Å². The lowest BCUT2D eigenvalue weighted by Gasteiger charge is -2.07. The molecule has 1 heterocycles. The van der Waals surface area contributed by atoms with E-state index in [1.54, 1.807) is 0 Å². The summed E-state index contributed by atoms with van der Waals surface area (Å²) >= 11 is 0. The fourth-order valence-electron chi connectivity index (χ4n) is 3.38. The van der Waals surface area contributed by atoms with E-state index in [9.17, 15) is 0 Å². The van der Waals surface area contributed by atoms with Crippen LogP contribution in [0.4, 0.5) is 0 Å². The first-order valence-corrected chi connectivity index (χ1v) is 8.93. The second kappa shape index (κ2) is 7.50. The lowest BCUT2D eigenvalue weighted by Crippen LogP contribution is -1.92. The standard InChI is InChI=1S/C22H27N/c1-3-4-5-6-7-11-18-12-10-14-19(16-18)22-17-20-13-8-9-15-21(20)23(22)2/h8-10,12-17H,3-7,11H2,1-2H3. The second-order valence-electron chi connectivity index (χ2n) is 6.51. The zero-order chi connectivity index (χ0) is 16.1. The number of nitrogens with zero attached hydrogens (tertiary/aromatic N) is 1. The highest BCUT2D eigenvalue weighted by Gasteiger charge is 2.07. The van der Waals surface area contributed by atoms with Crippen molar-refractivity contribution >= 4 is 10.9 Å². The van der Waals surface area contributed by atoms with Gasteiger partial charge in [-0.2, -0.15) is 0 Å². The van der Waals surface area contributed by atoms with E-state index < -0.39 is 0 Å². The predicted molar refractivity (Wildman–Crippen MR) is 101 cm³/mol. The Morgan fingerprint density at radius 2 is 1.65 bits per heavy atom. The quantitative estimate of drug-likeness (QED) is 0.448. The molecule has 0 fully saturated rings. The average molecular weight is 305 g/mol. The van der Waals surface area contributed by atoms with E-state index in [4.69, 9.17) is 0 Å². The molecule has 0 saturated carbocycles. The van der Waals surface area contributed by atoms with Gasteiger partial charge in [-0.15, -0.1) is 0 Å². The van der Waals surface area contributed by atoms with Crippen molar-refractivity contribution < 1.29 is 0 Å². The van der Waals surface area contributed by atoms with Crippen molar-refractivity contribution in [2.75, 3.05) is 0 Å². The van der Waals surface area contributed by atoms with Gasteiger partial charge in [0.1, 0.15) is 0 Å². The highest BCUT2D eigenvalue weighted by Crippen LogP contribution is 2.28. The number of hydrogen-bond acceptors (Lipinski definition) is 0. The van der Waals surface area contributed by atoms with E-state index in [0.29, 0.717) is 0 Å². The first-order chi connectivity index (χ1) is 11.3. The van der Waals surface area contributed by atoms with Gasteiger partial charge in [0.15, 0.2) is 0 Å². The number of rotatable bonds is 7. The van der Waals surface area contributed by atoms with Gasteiger partial charge >= 0.3 is 0 Å². The van der Waals surface area contributed by atoms with Gasteiger partial charge in [-0.1, -0.05) is 69.0 Å². The van der Waals surface area contributed by atoms with Gasteiger partial charge in [0, 0.05) is 23.6 Å². The number of aromatic nitrogens is 1. The highest BCUT2D eigenvalue weighted by molar-refractivity contribution is 5.86. The molecule has 3 rings (SSSR count). The number of aryl methyl sites for hydroxylation is 2. The van der Waals surface area contributed by atoms with Crippen LogP contribution in [0.15, 0.2) is 54.6 Å². The van der Waals surface area contributed by atoms with Crippen molar-refractivity contribution in [3.63, 3.8) is 0 Å². The molecule has 0 atom stereocenters. The van der Waals surface area contributed by atoms with Crippen LogP contribution in [-0.4, -0.2) is 4.57 Å². The van der Waals surface area contributed by atoms with Crippen LogP contribution in [0.5, 0.6) is 0 Å². The Labute approximate surface area is 140 Å². The molecule has 0 amide bonds. The molecular weight excluding hydrogens is 278 g/mol. The van der Waals surface area contributed by atoms with E-state index in [-0.39, 0.29) is 0 Å². The van der Waals surface area contributed by atoms with E-state index in [1.807, 2.05) is 0 Å². The molecule has 0 radical (unpaired) electrons. The molecule has 0 aliphatic heterocycles. The third-order valence-corrected chi connectivity index (χ3v) is 4.74. The minimum absolute atomic E-state index is 1.20. The Balaban J connectivity index is 1.77. The summed E-state index contributed by atoms with van der Waals surface area (Å²) in [7, 11) is 2.16. The second-order valence-corrected chi connectivity index (χ2v) is 6.51. The van der Waals surface area contributed by atoms with Crippen molar-refractivity contribution in [3.8, 4) is 11.3 Å². The minimum Gasteiger partial charge on any atom is -0.344 e. The molecule has 0 saturated heterocycles. The molecule has 0 N–H and O–H groups in total. The van der Waals surface area contributed by atoms with E-state index >= 15 is 0 Å². The summed E-state index contributed by atoms with van der Waals surface area (Å²) in [6.45, 7) is 2.27. The van der Waals surface area contributed by atoms with Crippen LogP contribution >= 0.6 is 0 Å². The lowest BCUT2D eigenvalue weighted by atomic mass is 10.0.